The first-order valence-corrected chi connectivity index (χ1v) is 7.86. The normalized spacial score (nSPS) is 11.5. The number of benzene rings is 2. The third kappa shape index (κ3) is 3.96. The zero-order chi connectivity index (χ0) is 18.6. The van der Waals surface area contributed by atoms with Crippen LogP contribution in [0.5, 0.6) is 0 Å². The van der Waals surface area contributed by atoms with E-state index in [0.717, 1.165) is 18.9 Å². The van der Waals surface area contributed by atoms with E-state index in [0.29, 0.717) is 11.2 Å². The minimum Gasteiger partial charge on any atom is -0.515 e. The van der Waals surface area contributed by atoms with Crippen molar-refractivity contribution in [2.75, 3.05) is 7.11 Å². The monoisotopic (exact) mass is 372 g/mol. The predicted octanol–water partition coefficient (Wildman–Crippen LogP) is 4.61. The Kier molecular flexibility index (Phi) is 6.08. The second-order valence-electron chi connectivity index (χ2n) is 4.77. The fourth-order valence-corrected chi connectivity index (χ4v) is 3.12. The molecule has 1 N–H and O–H groups in total. The van der Waals surface area contributed by atoms with Crippen LogP contribution in [0.2, 0.25) is 0 Å². The highest BCUT2D eigenvalue weighted by Gasteiger charge is 2.21. The lowest BCUT2D eigenvalue weighted by Crippen LogP contribution is -2.05. The topological polar surface area (TPSA) is 46.5 Å². The highest BCUT2D eigenvalue weighted by Crippen LogP contribution is 2.33. The van der Waals surface area contributed by atoms with Crippen molar-refractivity contribution in [3.63, 3.8) is 0 Å². The van der Waals surface area contributed by atoms with Crippen molar-refractivity contribution in [1.29, 1.82) is 0 Å². The number of aliphatic hydroxyl groups is 1. The smallest absolute Gasteiger partial charge is 0.341 e. The van der Waals surface area contributed by atoms with E-state index in [2.05, 4.69) is 4.74 Å². The number of hydrogen-bond acceptors (Lipinski definition) is 4. The number of carbonyl (C=O) groups is 1. The summed E-state index contributed by atoms with van der Waals surface area (Å²) in [7, 11) is 1.13. The van der Waals surface area contributed by atoms with E-state index in [1.807, 2.05) is 0 Å². The molecule has 0 saturated heterocycles. The maximum atomic E-state index is 13.7. The summed E-state index contributed by atoms with van der Waals surface area (Å²) in [6.07, 6.45) is 0.550. The first kappa shape index (κ1) is 18.9. The maximum absolute atomic E-state index is 13.7. The van der Waals surface area contributed by atoms with Gasteiger partial charge in [0.15, 0.2) is 23.3 Å². The number of hydrogen-bond donors (Lipinski definition) is 1. The number of esters is 1. The second-order valence-corrected chi connectivity index (χ2v) is 5.78. The Morgan fingerprint density at radius 2 is 1.76 bits per heavy atom. The van der Waals surface area contributed by atoms with Crippen LogP contribution in [0.25, 0.3) is 5.57 Å². The van der Waals surface area contributed by atoms with Gasteiger partial charge in [-0.25, -0.2) is 22.4 Å². The Labute approximate surface area is 144 Å². The Bertz CT molecular complexity index is 811. The maximum Gasteiger partial charge on any atom is 0.341 e. The molecule has 0 spiro atoms. The van der Waals surface area contributed by atoms with Crippen LogP contribution in [-0.4, -0.2) is 18.2 Å². The SMILES string of the molecule is COC(=O)/C(=C/O)c1ccccc1SCc1c(F)c(F)cc(F)c1F. The molecule has 0 unspecified atom stereocenters. The van der Waals surface area contributed by atoms with Crippen molar-refractivity contribution in [3.05, 3.63) is 71.0 Å². The number of rotatable bonds is 5. The number of carbonyl (C=O) groups excluding carboxylic acids is 1. The lowest BCUT2D eigenvalue weighted by molar-refractivity contribution is -0.133. The van der Waals surface area contributed by atoms with Crippen molar-refractivity contribution < 1.29 is 32.2 Å². The van der Waals surface area contributed by atoms with Crippen molar-refractivity contribution in [2.24, 2.45) is 0 Å². The summed E-state index contributed by atoms with van der Waals surface area (Å²) in [5.74, 6) is -7.18. The number of thioether (sulfide) groups is 1. The van der Waals surface area contributed by atoms with Crippen LogP contribution >= 0.6 is 11.8 Å². The van der Waals surface area contributed by atoms with Gasteiger partial charge in [-0.05, 0) is 6.07 Å². The molecule has 0 amide bonds. The second kappa shape index (κ2) is 8.06. The van der Waals surface area contributed by atoms with E-state index in [1.54, 1.807) is 12.1 Å². The van der Waals surface area contributed by atoms with Gasteiger partial charge in [-0.15, -0.1) is 11.8 Å². The molecule has 8 heteroatoms. The van der Waals surface area contributed by atoms with Crippen LogP contribution in [0.4, 0.5) is 17.6 Å². The Morgan fingerprint density at radius 3 is 2.32 bits per heavy atom. The van der Waals surface area contributed by atoms with Crippen LogP contribution < -0.4 is 0 Å². The first-order valence-electron chi connectivity index (χ1n) is 6.87. The summed E-state index contributed by atoms with van der Waals surface area (Å²) in [5.41, 5.74) is -0.679. The van der Waals surface area contributed by atoms with Gasteiger partial charge in [0.25, 0.3) is 0 Å². The van der Waals surface area contributed by atoms with E-state index in [9.17, 15) is 27.5 Å². The van der Waals surface area contributed by atoms with Gasteiger partial charge in [-0.2, -0.15) is 0 Å². The summed E-state index contributed by atoms with van der Waals surface area (Å²) in [6.45, 7) is 0. The fourth-order valence-electron chi connectivity index (χ4n) is 2.06. The highest BCUT2D eigenvalue weighted by atomic mass is 32.2. The molecule has 2 aromatic carbocycles. The van der Waals surface area contributed by atoms with Crippen LogP contribution in [-0.2, 0) is 15.3 Å². The quantitative estimate of drug-likeness (QED) is 0.208. The number of methoxy groups -OCH3 is 1. The average molecular weight is 372 g/mol. The molecule has 0 radical (unpaired) electrons. The molecule has 0 aliphatic carbocycles. The Balaban J connectivity index is 2.37. The van der Waals surface area contributed by atoms with Gasteiger partial charge in [0.1, 0.15) is 5.57 Å². The zero-order valence-corrected chi connectivity index (χ0v) is 13.7. The third-order valence-electron chi connectivity index (χ3n) is 3.29. The summed E-state index contributed by atoms with van der Waals surface area (Å²) in [6, 6.07) is 6.32. The zero-order valence-electron chi connectivity index (χ0n) is 12.9. The lowest BCUT2D eigenvalue weighted by atomic mass is 10.1. The molecule has 0 bridgehead atoms. The van der Waals surface area contributed by atoms with Crippen LogP contribution in [0.15, 0.2) is 41.5 Å². The van der Waals surface area contributed by atoms with E-state index in [4.69, 9.17) is 0 Å². The average Bonchev–Trinajstić information content (AvgIpc) is 2.61. The molecular formula is C17H12F4O3S. The van der Waals surface area contributed by atoms with E-state index >= 15 is 0 Å². The van der Waals surface area contributed by atoms with E-state index in [-0.39, 0.29) is 17.2 Å². The summed E-state index contributed by atoms with van der Waals surface area (Å²) < 4.78 is 58.5. The van der Waals surface area contributed by atoms with Gasteiger partial charge >= 0.3 is 5.97 Å². The number of ether oxygens (including phenoxy) is 1. The predicted molar refractivity (Wildman–Crippen MR) is 84.9 cm³/mol. The highest BCUT2D eigenvalue weighted by molar-refractivity contribution is 7.98. The van der Waals surface area contributed by atoms with Crippen LogP contribution in [0.1, 0.15) is 11.1 Å². The van der Waals surface area contributed by atoms with Crippen molar-refractivity contribution in [2.45, 2.75) is 10.6 Å². The number of aliphatic hydroxyl groups excluding tert-OH is 1. The summed E-state index contributed by atoms with van der Waals surface area (Å²) in [5, 5.41) is 9.26. The van der Waals surface area contributed by atoms with Crippen molar-refractivity contribution >= 4 is 23.3 Å². The van der Waals surface area contributed by atoms with Gasteiger partial charge < -0.3 is 9.84 Å². The molecule has 132 valence electrons. The molecular weight excluding hydrogens is 360 g/mol. The van der Waals surface area contributed by atoms with Gasteiger partial charge in [0.2, 0.25) is 0 Å². The largest absolute Gasteiger partial charge is 0.515 e. The standard InChI is InChI=1S/C17H12F4O3S/c1-24-17(23)10(7-22)9-4-2-3-5-14(9)25-8-11-15(20)12(18)6-13(19)16(11)21/h2-7,22H,8H2,1H3/b10-7+. The molecule has 0 heterocycles. The first-order chi connectivity index (χ1) is 11.9. The number of halogens is 4. The molecule has 0 aromatic heterocycles. The van der Waals surface area contributed by atoms with Gasteiger partial charge in [-0.3, -0.25) is 0 Å². The summed E-state index contributed by atoms with van der Waals surface area (Å²) >= 11 is 0.844. The minimum atomic E-state index is -1.49. The van der Waals surface area contributed by atoms with E-state index < -0.39 is 40.6 Å². The lowest BCUT2D eigenvalue weighted by Gasteiger charge is -2.11. The van der Waals surface area contributed by atoms with Gasteiger partial charge in [0, 0.05) is 27.8 Å². The third-order valence-corrected chi connectivity index (χ3v) is 4.39. The molecule has 3 nitrogen and oxygen atoms in total. The molecule has 0 atom stereocenters. The van der Waals surface area contributed by atoms with Gasteiger partial charge in [0.05, 0.1) is 13.4 Å². The molecule has 0 fully saturated rings. The van der Waals surface area contributed by atoms with E-state index in [1.165, 1.54) is 12.1 Å². The van der Waals surface area contributed by atoms with Crippen LogP contribution in [0.3, 0.4) is 0 Å². The Hall–Kier alpha value is -2.48. The molecule has 0 aliphatic rings. The minimum absolute atomic E-state index is 0.136. The van der Waals surface area contributed by atoms with Crippen LogP contribution in [0, 0.1) is 23.3 Å². The molecule has 0 saturated carbocycles. The molecule has 2 rings (SSSR count). The van der Waals surface area contributed by atoms with Gasteiger partial charge in [-0.1, -0.05) is 18.2 Å². The van der Waals surface area contributed by atoms with Crippen molar-refractivity contribution in [3.8, 4) is 0 Å². The molecule has 2 aromatic rings. The summed E-state index contributed by atoms with van der Waals surface area (Å²) in [4.78, 5) is 12.0. The fraction of sp³-hybridized carbons (Fsp3) is 0.118. The molecule has 0 aliphatic heterocycles. The molecule has 25 heavy (non-hydrogen) atoms. The van der Waals surface area contributed by atoms with Crippen molar-refractivity contribution in [1.82, 2.24) is 0 Å². The Morgan fingerprint density at radius 1 is 1.16 bits per heavy atom.